The second-order valence-electron chi connectivity index (χ2n) is 10.4. The third kappa shape index (κ3) is 17.3. The minimum absolute atomic E-state index is 0. The van der Waals surface area contributed by atoms with Gasteiger partial charge in [0.25, 0.3) is 0 Å². The van der Waals surface area contributed by atoms with Crippen molar-refractivity contribution in [1.82, 2.24) is 19.9 Å². The van der Waals surface area contributed by atoms with Crippen LogP contribution < -0.4 is 10.2 Å². The van der Waals surface area contributed by atoms with Gasteiger partial charge < -0.3 is 50.1 Å². The number of hydrogen-bond donors (Lipinski definition) is 2. The van der Waals surface area contributed by atoms with Crippen molar-refractivity contribution in [2.45, 2.75) is 9.79 Å². The van der Waals surface area contributed by atoms with Crippen LogP contribution in [-0.2, 0) is 65.3 Å². The van der Waals surface area contributed by atoms with Crippen LogP contribution in [0.2, 0.25) is 0 Å². The third-order valence-corrected chi connectivity index (χ3v) is 8.37. The van der Waals surface area contributed by atoms with Crippen LogP contribution in [0, 0.1) is 0 Å². The molecule has 4 heterocycles. The van der Waals surface area contributed by atoms with Crippen molar-refractivity contribution in [2.75, 3.05) is 0 Å². The number of carboxylic acids is 4. The first-order valence-electron chi connectivity index (χ1n) is 15.1. The summed E-state index contributed by atoms with van der Waals surface area (Å²) in [6.45, 7) is 0. The molecule has 314 valence electrons. The molecular formula is C36H30Mn2N4O16S2+2. The Morgan fingerprint density at radius 3 is 0.867 bits per heavy atom. The number of rotatable bonds is 8. The van der Waals surface area contributed by atoms with Crippen LogP contribution >= 0.6 is 0 Å². The summed E-state index contributed by atoms with van der Waals surface area (Å²) in [5, 5.41) is 38.0. The van der Waals surface area contributed by atoms with E-state index < -0.39 is 76.2 Å². The van der Waals surface area contributed by atoms with Crippen LogP contribution in [0.4, 0.5) is 0 Å². The van der Waals surface area contributed by atoms with E-state index in [1.807, 2.05) is 72.8 Å². The average molecular weight is 949 g/mol. The molecule has 2 radical (unpaired) electrons. The Hall–Kier alpha value is -6.30. The molecule has 4 aromatic heterocycles. The molecule has 0 aliphatic rings. The molecule has 0 fully saturated rings. The molecule has 0 spiro atoms. The zero-order chi connectivity index (χ0) is 41.5. The summed E-state index contributed by atoms with van der Waals surface area (Å²) in [6, 6.07) is 27.2. The monoisotopic (exact) mass is 948 g/mol. The number of benzene rings is 2. The minimum Gasteiger partial charge on any atom is -0.744 e. The molecule has 0 aliphatic carbocycles. The van der Waals surface area contributed by atoms with Gasteiger partial charge in [-0.3, -0.25) is 19.9 Å². The van der Waals surface area contributed by atoms with Gasteiger partial charge in [-0.05, 0) is 83.9 Å². The molecule has 2 aromatic carbocycles. The number of carboxylic acid groups (broad SMARTS) is 4. The van der Waals surface area contributed by atoms with Gasteiger partial charge in [-0.2, -0.15) is 0 Å². The largest absolute Gasteiger partial charge is 2.00 e. The summed E-state index contributed by atoms with van der Waals surface area (Å²) in [6.07, 6.45) is 7.07. The molecule has 0 saturated carbocycles. The Kier molecular flexibility index (Phi) is 24.1. The van der Waals surface area contributed by atoms with E-state index in [1.54, 1.807) is 24.8 Å². The minimum atomic E-state index is -5.06. The maximum atomic E-state index is 10.7. The first-order chi connectivity index (χ1) is 26.4. The van der Waals surface area contributed by atoms with Crippen LogP contribution in [0.1, 0.15) is 41.4 Å². The van der Waals surface area contributed by atoms with E-state index in [2.05, 4.69) is 19.9 Å². The predicted octanol–water partition coefficient (Wildman–Crippen LogP) is -0.257. The number of aromatic nitrogens is 4. The van der Waals surface area contributed by atoms with E-state index in [1.165, 1.54) is 0 Å². The number of carbonyl (C=O) groups excluding carboxylic acids is 2. The summed E-state index contributed by atoms with van der Waals surface area (Å²) < 4.78 is 64.2. The van der Waals surface area contributed by atoms with Gasteiger partial charge in [0.15, 0.2) is 0 Å². The Bertz CT molecular complexity index is 2290. The van der Waals surface area contributed by atoms with Crippen LogP contribution in [0.5, 0.6) is 0 Å². The molecule has 6 aromatic rings. The fourth-order valence-corrected chi connectivity index (χ4v) is 5.51. The normalized spacial score (nSPS) is 9.77. The van der Waals surface area contributed by atoms with Gasteiger partial charge in [0, 0.05) is 24.8 Å². The van der Waals surface area contributed by atoms with E-state index in [9.17, 15) is 55.3 Å². The molecule has 60 heavy (non-hydrogen) atoms. The molecule has 8 N–H and O–H groups in total. The number of hydrogen-bond acceptors (Lipinski definition) is 16. The zero-order valence-corrected chi connectivity index (χ0v) is 34.0. The number of nitrogens with zero attached hydrogens (tertiary/aromatic N) is 4. The molecule has 6 rings (SSSR count). The summed E-state index contributed by atoms with van der Waals surface area (Å²) in [5.74, 6) is -6.69. The van der Waals surface area contributed by atoms with E-state index >= 15 is 0 Å². The average Bonchev–Trinajstić information content (AvgIpc) is 3.19. The molecule has 0 amide bonds. The van der Waals surface area contributed by atoms with Crippen molar-refractivity contribution in [1.29, 1.82) is 0 Å². The van der Waals surface area contributed by atoms with Crippen LogP contribution in [-0.4, -0.2) is 80.0 Å². The molecule has 0 atom stereocenters. The van der Waals surface area contributed by atoms with Gasteiger partial charge in [0.2, 0.25) is 0 Å². The van der Waals surface area contributed by atoms with Crippen molar-refractivity contribution in [3.8, 4) is 22.8 Å². The fraction of sp³-hybridized carbons (Fsp3) is 0. The number of aromatic carboxylic acids is 4. The van der Waals surface area contributed by atoms with Crippen molar-refractivity contribution in [3.05, 3.63) is 156 Å². The van der Waals surface area contributed by atoms with E-state index in [-0.39, 0.29) is 45.1 Å². The van der Waals surface area contributed by atoms with Gasteiger partial charge in [-0.15, -0.1) is 0 Å². The Morgan fingerprint density at radius 1 is 0.450 bits per heavy atom. The topological polar surface area (TPSA) is 387 Å². The molecule has 0 saturated heterocycles. The third-order valence-electron chi connectivity index (χ3n) is 6.62. The first-order valence-corrected chi connectivity index (χ1v) is 18.0. The Morgan fingerprint density at radius 2 is 0.700 bits per heavy atom. The summed E-state index contributed by atoms with van der Waals surface area (Å²) in [7, 11) is -10.1. The molecule has 24 heteroatoms. The van der Waals surface area contributed by atoms with E-state index in [4.69, 9.17) is 10.2 Å². The number of carbonyl (C=O) groups is 4. The quantitative estimate of drug-likeness (QED) is 0.113. The van der Waals surface area contributed by atoms with Gasteiger partial charge in [0.1, 0.15) is 20.2 Å². The van der Waals surface area contributed by atoms with Crippen LogP contribution in [0.15, 0.2) is 144 Å². The maximum Gasteiger partial charge on any atom is 2.00 e. The van der Waals surface area contributed by atoms with Crippen molar-refractivity contribution in [2.24, 2.45) is 0 Å². The molecular weight excluding hydrogens is 918 g/mol. The predicted molar refractivity (Wildman–Crippen MR) is 196 cm³/mol. The van der Waals surface area contributed by atoms with E-state index in [0.29, 0.717) is 12.1 Å². The van der Waals surface area contributed by atoms with Crippen LogP contribution in [0.3, 0.4) is 0 Å². The Balaban J connectivity index is 0. The molecule has 0 aliphatic heterocycles. The second-order valence-corrected chi connectivity index (χ2v) is 13.1. The fourth-order valence-electron chi connectivity index (χ4n) is 4.12. The van der Waals surface area contributed by atoms with Crippen molar-refractivity contribution in [3.63, 3.8) is 0 Å². The van der Waals surface area contributed by atoms with Gasteiger partial charge >= 0.3 is 46.1 Å². The second kappa shape index (κ2) is 25.9. The van der Waals surface area contributed by atoms with Gasteiger partial charge in [-0.1, -0.05) is 36.4 Å². The summed E-state index contributed by atoms with van der Waals surface area (Å²) in [5.41, 5.74) is 0.936. The van der Waals surface area contributed by atoms with Crippen molar-refractivity contribution >= 4 is 44.1 Å². The van der Waals surface area contributed by atoms with E-state index in [0.717, 1.165) is 47.0 Å². The van der Waals surface area contributed by atoms with Gasteiger partial charge in [0.05, 0.1) is 55.6 Å². The molecule has 0 bridgehead atoms. The van der Waals surface area contributed by atoms with Crippen molar-refractivity contribution < 1.29 is 111 Å². The summed E-state index contributed by atoms with van der Waals surface area (Å²) >= 11 is 0. The maximum absolute atomic E-state index is 10.7. The first kappa shape index (κ1) is 55.8. The SMILES string of the molecule is O=C([O-])c1ccc(C(=O)O)c(S(=O)(=O)[O-])c1.O=C([O-])c1ccc(C(=O)O)c(S(=O)(=O)[O-])c1.[Mn+2].[Mn+2].[OH3+].[OH3+].c1ccc(-c2ccccn2)nc1.c1ccc(-c2ccccn2)nc1. The number of pyridine rings is 4. The van der Waals surface area contributed by atoms with Gasteiger partial charge in [-0.25, -0.2) is 26.4 Å². The zero-order valence-electron chi connectivity index (χ0n) is 30.0. The molecule has 20 nitrogen and oxygen atoms in total. The summed E-state index contributed by atoms with van der Waals surface area (Å²) in [4.78, 5) is 56.5. The van der Waals surface area contributed by atoms with Crippen LogP contribution in [0.25, 0.3) is 22.8 Å². The Labute approximate surface area is 361 Å². The molecule has 0 unspecified atom stereocenters. The standard InChI is InChI=1S/2C10H8N2.2C8H6O7S.2Mn.2H2O/c2*1-3-7-11-9(5-1)10-6-2-4-8-12-10;2*9-7(10)4-1-2-5(8(11)12)6(3-4)16(13,14)15;;;;/h2*1-8H;2*1-3H,(H,9,10)(H,11,12)(H,13,14,15);;;2*1H2/q;;;;2*+2;;/p-2. The smallest absolute Gasteiger partial charge is 0.744 e.